The van der Waals surface area contributed by atoms with Crippen LogP contribution >= 0.6 is 0 Å². The molecule has 1 saturated carbocycles. The average Bonchev–Trinajstić information content (AvgIpc) is 2.80. The maximum Gasteiger partial charge on any atom is 0.415 e. The van der Waals surface area contributed by atoms with E-state index in [1.165, 1.54) is 11.9 Å². The smallest absolute Gasteiger partial charge is 0.382 e. The molecule has 1 rings (SSSR count). The summed E-state index contributed by atoms with van der Waals surface area (Å²) in [7, 11) is 1.42. The van der Waals surface area contributed by atoms with E-state index in [2.05, 4.69) is 0 Å². The third-order valence-corrected chi connectivity index (χ3v) is 3.83. The maximum atomic E-state index is 12.3. The predicted molar refractivity (Wildman–Crippen MR) is 73.8 cm³/mol. The number of aliphatic hydroxyl groups is 1. The molecule has 1 amide bonds. The number of hydrogen-bond donors (Lipinski definition) is 1. The third kappa shape index (κ3) is 5.47. The Balaban J connectivity index is 2.56. The standard InChI is InChI=1S/C14H25F3N2O2/c1-10(2)19(11-6-4-5-7-11)13(21)9-18(3)8-12(20)14(15,16)17/h10-12,20H,4-9H2,1-3H3. The van der Waals surface area contributed by atoms with Gasteiger partial charge in [-0.3, -0.25) is 9.69 Å². The van der Waals surface area contributed by atoms with Crippen molar-refractivity contribution in [2.75, 3.05) is 20.1 Å². The summed E-state index contributed by atoms with van der Waals surface area (Å²) in [5, 5.41) is 9.04. The molecule has 0 aliphatic heterocycles. The SMILES string of the molecule is CC(C)N(C(=O)CN(C)CC(O)C(F)(F)F)C1CCCC1. The molecule has 1 fully saturated rings. The molecule has 0 aromatic heterocycles. The Hall–Kier alpha value is -0.820. The topological polar surface area (TPSA) is 43.8 Å². The lowest BCUT2D eigenvalue weighted by Crippen LogP contribution is -2.49. The van der Waals surface area contributed by atoms with Gasteiger partial charge in [0, 0.05) is 18.6 Å². The minimum absolute atomic E-state index is 0.0292. The number of halogens is 3. The summed E-state index contributed by atoms with van der Waals surface area (Å²) in [6, 6.07) is 0.222. The fourth-order valence-corrected chi connectivity index (χ4v) is 2.87. The number of likely N-dealkylation sites (N-methyl/N-ethyl adjacent to an activating group) is 1. The summed E-state index contributed by atoms with van der Waals surface area (Å²) in [5.74, 6) is -0.172. The molecule has 0 bridgehead atoms. The van der Waals surface area contributed by atoms with E-state index >= 15 is 0 Å². The van der Waals surface area contributed by atoms with Crippen LogP contribution in [0.5, 0.6) is 0 Å². The van der Waals surface area contributed by atoms with Gasteiger partial charge in [0.1, 0.15) is 0 Å². The molecule has 0 heterocycles. The van der Waals surface area contributed by atoms with E-state index < -0.39 is 18.8 Å². The molecule has 4 nitrogen and oxygen atoms in total. The molecule has 0 aromatic rings. The van der Waals surface area contributed by atoms with E-state index in [-0.39, 0.29) is 24.5 Å². The van der Waals surface area contributed by atoms with Gasteiger partial charge in [-0.25, -0.2) is 0 Å². The first-order chi connectivity index (χ1) is 9.62. The molecule has 0 radical (unpaired) electrons. The molecular formula is C14H25F3N2O2. The van der Waals surface area contributed by atoms with Crippen LogP contribution in [0.15, 0.2) is 0 Å². The van der Waals surface area contributed by atoms with E-state index in [0.29, 0.717) is 0 Å². The van der Waals surface area contributed by atoms with Crippen molar-refractivity contribution in [3.63, 3.8) is 0 Å². The van der Waals surface area contributed by atoms with Gasteiger partial charge in [-0.15, -0.1) is 0 Å². The Morgan fingerprint density at radius 2 is 1.81 bits per heavy atom. The fourth-order valence-electron chi connectivity index (χ4n) is 2.87. The Labute approximate surface area is 123 Å². The van der Waals surface area contributed by atoms with E-state index in [1.54, 1.807) is 4.90 Å². The van der Waals surface area contributed by atoms with Crippen molar-refractivity contribution >= 4 is 5.91 Å². The summed E-state index contributed by atoms with van der Waals surface area (Å²) < 4.78 is 36.9. The number of aliphatic hydroxyl groups excluding tert-OH is 1. The summed E-state index contributed by atoms with van der Waals surface area (Å²) in [6.45, 7) is 3.13. The highest BCUT2D eigenvalue weighted by atomic mass is 19.4. The van der Waals surface area contributed by atoms with Gasteiger partial charge in [-0.2, -0.15) is 13.2 Å². The van der Waals surface area contributed by atoms with E-state index in [9.17, 15) is 18.0 Å². The molecule has 0 aromatic carbocycles. The zero-order chi connectivity index (χ0) is 16.2. The predicted octanol–water partition coefficient (Wildman–Crippen LogP) is 2.02. The van der Waals surface area contributed by atoms with Crippen molar-refractivity contribution in [1.29, 1.82) is 0 Å². The van der Waals surface area contributed by atoms with Crippen LogP contribution in [0.3, 0.4) is 0 Å². The van der Waals surface area contributed by atoms with Crippen molar-refractivity contribution in [3.8, 4) is 0 Å². The van der Waals surface area contributed by atoms with Crippen molar-refractivity contribution in [1.82, 2.24) is 9.80 Å². The van der Waals surface area contributed by atoms with E-state index in [1.807, 2.05) is 13.8 Å². The zero-order valence-corrected chi connectivity index (χ0v) is 12.9. The molecule has 0 spiro atoms. The summed E-state index contributed by atoms with van der Waals surface area (Å²) >= 11 is 0. The number of carbonyl (C=O) groups is 1. The average molecular weight is 310 g/mol. The van der Waals surface area contributed by atoms with E-state index in [0.717, 1.165) is 25.7 Å². The number of alkyl halides is 3. The van der Waals surface area contributed by atoms with Crippen molar-refractivity contribution in [2.45, 2.75) is 63.9 Å². The number of nitrogens with zero attached hydrogens (tertiary/aromatic N) is 2. The number of amides is 1. The molecule has 7 heteroatoms. The molecule has 1 atom stereocenters. The van der Waals surface area contributed by atoms with Crippen LogP contribution in [0.25, 0.3) is 0 Å². The molecule has 1 unspecified atom stereocenters. The molecule has 1 aliphatic carbocycles. The number of hydrogen-bond acceptors (Lipinski definition) is 3. The Kier molecular flexibility index (Phi) is 6.46. The van der Waals surface area contributed by atoms with Crippen LogP contribution in [0.4, 0.5) is 13.2 Å². The first-order valence-electron chi connectivity index (χ1n) is 7.37. The van der Waals surface area contributed by atoms with Gasteiger partial charge >= 0.3 is 6.18 Å². The summed E-state index contributed by atoms with van der Waals surface area (Å²) in [5.41, 5.74) is 0. The molecular weight excluding hydrogens is 285 g/mol. The van der Waals surface area contributed by atoms with Gasteiger partial charge in [-0.05, 0) is 33.7 Å². The van der Waals surface area contributed by atoms with Crippen LogP contribution in [-0.2, 0) is 4.79 Å². The molecule has 1 N–H and O–H groups in total. The monoisotopic (exact) mass is 310 g/mol. The lowest BCUT2D eigenvalue weighted by molar-refractivity contribution is -0.207. The number of rotatable bonds is 6. The van der Waals surface area contributed by atoms with E-state index in [4.69, 9.17) is 5.11 Å². The summed E-state index contributed by atoms with van der Waals surface area (Å²) in [6.07, 6.45) is -2.99. The van der Waals surface area contributed by atoms with Gasteiger partial charge in [0.2, 0.25) is 5.91 Å². The Morgan fingerprint density at radius 1 is 1.29 bits per heavy atom. The fraction of sp³-hybridized carbons (Fsp3) is 0.929. The molecule has 124 valence electrons. The minimum Gasteiger partial charge on any atom is -0.382 e. The van der Waals surface area contributed by atoms with Crippen LogP contribution < -0.4 is 0 Å². The normalized spacial score (nSPS) is 18.5. The highest BCUT2D eigenvalue weighted by Gasteiger charge is 2.39. The second-order valence-electron chi connectivity index (χ2n) is 6.09. The molecule has 21 heavy (non-hydrogen) atoms. The van der Waals surface area contributed by atoms with Crippen LogP contribution in [0.2, 0.25) is 0 Å². The molecule has 1 aliphatic rings. The first kappa shape index (κ1) is 18.2. The van der Waals surface area contributed by atoms with Crippen LogP contribution in [0, 0.1) is 0 Å². The van der Waals surface area contributed by atoms with Crippen molar-refractivity contribution in [2.24, 2.45) is 0 Å². The van der Waals surface area contributed by atoms with Crippen LogP contribution in [-0.4, -0.2) is 65.3 Å². The van der Waals surface area contributed by atoms with Crippen LogP contribution in [0.1, 0.15) is 39.5 Å². The lowest BCUT2D eigenvalue weighted by atomic mass is 10.1. The summed E-state index contributed by atoms with van der Waals surface area (Å²) in [4.78, 5) is 15.3. The van der Waals surface area contributed by atoms with Gasteiger partial charge in [-0.1, -0.05) is 12.8 Å². The van der Waals surface area contributed by atoms with Crippen molar-refractivity contribution in [3.05, 3.63) is 0 Å². The largest absolute Gasteiger partial charge is 0.415 e. The zero-order valence-electron chi connectivity index (χ0n) is 12.9. The Morgan fingerprint density at radius 3 is 2.24 bits per heavy atom. The van der Waals surface area contributed by atoms with Gasteiger partial charge in [0.25, 0.3) is 0 Å². The van der Waals surface area contributed by atoms with Gasteiger partial charge in [0.05, 0.1) is 6.54 Å². The van der Waals surface area contributed by atoms with Gasteiger partial charge < -0.3 is 10.0 Å². The molecule has 0 saturated heterocycles. The highest BCUT2D eigenvalue weighted by Crippen LogP contribution is 2.25. The van der Waals surface area contributed by atoms with Crippen molar-refractivity contribution < 1.29 is 23.1 Å². The Bertz CT molecular complexity index is 342. The second-order valence-corrected chi connectivity index (χ2v) is 6.09. The van der Waals surface area contributed by atoms with Gasteiger partial charge in [0.15, 0.2) is 6.10 Å². The number of carbonyl (C=O) groups excluding carboxylic acids is 1. The second kappa shape index (κ2) is 7.45. The highest BCUT2D eigenvalue weighted by molar-refractivity contribution is 5.79. The first-order valence-corrected chi connectivity index (χ1v) is 7.37. The maximum absolute atomic E-state index is 12.3. The third-order valence-electron chi connectivity index (χ3n) is 3.83. The lowest BCUT2D eigenvalue weighted by Gasteiger charge is -2.34. The minimum atomic E-state index is -4.65. The quantitative estimate of drug-likeness (QED) is 0.816.